The van der Waals surface area contributed by atoms with Crippen LogP contribution in [0.1, 0.15) is 10.4 Å². The molecule has 2 aromatic rings. The number of fused-ring (bicyclic) bond motifs is 1. The van der Waals surface area contributed by atoms with Gasteiger partial charge in [0.2, 0.25) is 0 Å². The van der Waals surface area contributed by atoms with Crippen molar-refractivity contribution in [2.45, 2.75) is 0 Å². The van der Waals surface area contributed by atoms with E-state index in [-0.39, 0.29) is 0 Å². The van der Waals surface area contributed by atoms with Crippen molar-refractivity contribution in [3.05, 3.63) is 23.0 Å². The minimum Gasteiger partial charge on any atom is -0.397 e. The van der Waals surface area contributed by atoms with E-state index in [1.807, 2.05) is 0 Å². The quantitative estimate of drug-likeness (QED) is 0.726. The maximum atomic E-state index is 10.8. The van der Waals surface area contributed by atoms with Crippen LogP contribution < -0.4 is 5.73 Å². The van der Waals surface area contributed by atoms with Crippen LogP contribution in [0.2, 0.25) is 5.15 Å². The fraction of sp³-hybridized carbons (Fsp3) is 0.111. The molecule has 72 valence electrons. The smallest absolute Gasteiger partial charge is 0.152 e. The number of hydrogen-bond donors (Lipinski definition) is 1. The summed E-state index contributed by atoms with van der Waals surface area (Å²) in [4.78, 5) is 14.9. The molecule has 2 rings (SSSR count). The molecule has 4 nitrogen and oxygen atoms in total. The summed E-state index contributed by atoms with van der Waals surface area (Å²) < 4.78 is 1.70. The van der Waals surface area contributed by atoms with E-state index in [4.69, 9.17) is 17.3 Å². The number of aryl methyl sites for hydroxylation is 1. The van der Waals surface area contributed by atoms with E-state index in [9.17, 15) is 4.79 Å². The van der Waals surface area contributed by atoms with Crippen molar-refractivity contribution in [3.8, 4) is 0 Å². The van der Waals surface area contributed by atoms with Crippen LogP contribution in [0, 0.1) is 0 Å². The molecule has 0 bridgehead atoms. The number of rotatable bonds is 1. The largest absolute Gasteiger partial charge is 0.397 e. The summed E-state index contributed by atoms with van der Waals surface area (Å²) in [5, 5.41) is 1.22. The second-order valence-electron chi connectivity index (χ2n) is 3.01. The van der Waals surface area contributed by atoms with Crippen molar-refractivity contribution in [1.29, 1.82) is 0 Å². The topological polar surface area (TPSA) is 60.9 Å². The Hall–Kier alpha value is -1.55. The highest BCUT2D eigenvalue weighted by Crippen LogP contribution is 2.25. The number of anilines is 1. The van der Waals surface area contributed by atoms with E-state index >= 15 is 0 Å². The molecule has 2 heterocycles. The molecule has 2 N–H and O–H groups in total. The number of nitrogens with zero attached hydrogens (tertiary/aromatic N) is 2. The predicted molar refractivity (Wildman–Crippen MR) is 55.5 cm³/mol. The third kappa shape index (κ3) is 1.08. The van der Waals surface area contributed by atoms with E-state index in [0.717, 1.165) is 6.29 Å². The van der Waals surface area contributed by atoms with Gasteiger partial charge in [-0.2, -0.15) is 0 Å². The number of aldehydes is 1. The van der Waals surface area contributed by atoms with E-state index < -0.39 is 0 Å². The van der Waals surface area contributed by atoms with E-state index in [1.165, 1.54) is 6.20 Å². The number of hydrogen-bond acceptors (Lipinski definition) is 3. The summed E-state index contributed by atoms with van der Waals surface area (Å²) in [7, 11) is 1.78. The minimum absolute atomic E-state index is 0.370. The lowest BCUT2D eigenvalue weighted by Crippen LogP contribution is -1.97. The normalized spacial score (nSPS) is 10.7. The molecule has 14 heavy (non-hydrogen) atoms. The first-order chi connectivity index (χ1) is 6.65. The molecule has 0 aliphatic rings. The van der Waals surface area contributed by atoms with Gasteiger partial charge in [-0.15, -0.1) is 0 Å². The molecule has 5 heteroatoms. The molecule has 0 spiro atoms. The molecule has 0 saturated carbocycles. The second kappa shape index (κ2) is 2.99. The third-order valence-corrected chi connectivity index (χ3v) is 2.55. The van der Waals surface area contributed by atoms with Crippen molar-refractivity contribution in [3.63, 3.8) is 0 Å². The van der Waals surface area contributed by atoms with Crippen LogP contribution in [0.3, 0.4) is 0 Å². The lowest BCUT2D eigenvalue weighted by molar-refractivity contribution is 0.112. The van der Waals surface area contributed by atoms with Crippen molar-refractivity contribution in [2.24, 2.45) is 7.05 Å². The molecular formula is C9H8ClN3O. The zero-order valence-corrected chi connectivity index (χ0v) is 8.25. The fourth-order valence-electron chi connectivity index (χ4n) is 1.40. The van der Waals surface area contributed by atoms with Crippen LogP contribution in [0.15, 0.2) is 12.3 Å². The summed E-state index contributed by atoms with van der Waals surface area (Å²) in [6, 6.07) is 1.68. The van der Waals surface area contributed by atoms with Gasteiger partial charge in [0.25, 0.3) is 0 Å². The Bertz CT molecular complexity index is 518. The standard InChI is InChI=1S/C9H8ClN3O/c1-13-8(10)2-5-6(4-14)7(11)3-12-9(5)13/h2-4H,11H2,1H3. The van der Waals surface area contributed by atoms with Crippen LogP contribution >= 0.6 is 11.6 Å². The van der Waals surface area contributed by atoms with Gasteiger partial charge >= 0.3 is 0 Å². The molecule has 0 amide bonds. The van der Waals surface area contributed by atoms with Gasteiger partial charge in [0.1, 0.15) is 10.8 Å². The van der Waals surface area contributed by atoms with Crippen LogP contribution in [-0.4, -0.2) is 15.8 Å². The summed E-state index contributed by atoms with van der Waals surface area (Å²) in [6.07, 6.45) is 2.18. The van der Waals surface area contributed by atoms with Crippen molar-refractivity contribution in [2.75, 3.05) is 5.73 Å². The van der Waals surface area contributed by atoms with Gasteiger partial charge < -0.3 is 10.3 Å². The monoisotopic (exact) mass is 209 g/mol. The molecule has 0 radical (unpaired) electrons. The van der Waals surface area contributed by atoms with E-state index in [2.05, 4.69) is 4.98 Å². The average Bonchev–Trinajstić information content (AvgIpc) is 2.43. The Morgan fingerprint density at radius 3 is 3.00 bits per heavy atom. The molecule has 2 aromatic heterocycles. The van der Waals surface area contributed by atoms with Crippen LogP contribution in [-0.2, 0) is 7.05 Å². The van der Waals surface area contributed by atoms with Crippen LogP contribution in [0.4, 0.5) is 5.69 Å². The summed E-state index contributed by atoms with van der Waals surface area (Å²) >= 11 is 5.90. The number of nitrogen functional groups attached to an aromatic ring is 1. The highest BCUT2D eigenvalue weighted by atomic mass is 35.5. The van der Waals surface area contributed by atoms with Crippen molar-refractivity contribution >= 4 is 34.6 Å². The van der Waals surface area contributed by atoms with Gasteiger partial charge in [0, 0.05) is 18.0 Å². The Kier molecular flexibility index (Phi) is 1.93. The molecule has 0 saturated heterocycles. The Morgan fingerprint density at radius 1 is 1.64 bits per heavy atom. The van der Waals surface area contributed by atoms with Crippen LogP contribution in [0.5, 0.6) is 0 Å². The zero-order valence-electron chi connectivity index (χ0n) is 7.49. The van der Waals surface area contributed by atoms with Gasteiger partial charge in [-0.3, -0.25) is 4.79 Å². The molecule has 0 atom stereocenters. The number of halogens is 1. The van der Waals surface area contributed by atoms with Gasteiger partial charge in [-0.05, 0) is 6.07 Å². The first kappa shape index (κ1) is 9.02. The second-order valence-corrected chi connectivity index (χ2v) is 3.40. The number of carbonyl (C=O) groups excluding carboxylic acids is 1. The Balaban J connectivity index is 2.95. The summed E-state index contributed by atoms with van der Waals surface area (Å²) in [5.41, 5.74) is 7.08. The van der Waals surface area contributed by atoms with Gasteiger partial charge in [0.15, 0.2) is 6.29 Å². The first-order valence-electron chi connectivity index (χ1n) is 3.99. The summed E-state index contributed by atoms with van der Waals surface area (Å²) in [6.45, 7) is 0. The molecule has 0 aromatic carbocycles. The molecular weight excluding hydrogens is 202 g/mol. The highest BCUT2D eigenvalue weighted by Gasteiger charge is 2.11. The average molecular weight is 210 g/mol. The number of aromatic nitrogens is 2. The highest BCUT2D eigenvalue weighted by molar-refractivity contribution is 6.31. The summed E-state index contributed by atoms with van der Waals surface area (Å²) in [5.74, 6) is 0. The lowest BCUT2D eigenvalue weighted by Gasteiger charge is -2.00. The SMILES string of the molecule is Cn1c(Cl)cc2c(C=O)c(N)cnc21. The molecule has 0 unspecified atom stereocenters. The van der Waals surface area contributed by atoms with Gasteiger partial charge in [-0.25, -0.2) is 4.98 Å². The van der Waals surface area contributed by atoms with Crippen molar-refractivity contribution in [1.82, 2.24) is 9.55 Å². The fourth-order valence-corrected chi connectivity index (χ4v) is 1.59. The zero-order chi connectivity index (χ0) is 10.3. The maximum Gasteiger partial charge on any atom is 0.152 e. The molecule has 0 fully saturated rings. The van der Waals surface area contributed by atoms with Crippen molar-refractivity contribution < 1.29 is 4.79 Å². The first-order valence-corrected chi connectivity index (χ1v) is 4.37. The minimum atomic E-state index is 0.370. The number of nitrogens with two attached hydrogens (primary N) is 1. The molecule has 0 aliphatic carbocycles. The lowest BCUT2D eigenvalue weighted by atomic mass is 10.2. The van der Waals surface area contributed by atoms with E-state index in [1.54, 1.807) is 17.7 Å². The third-order valence-electron chi connectivity index (χ3n) is 2.19. The van der Waals surface area contributed by atoms with Gasteiger partial charge in [-0.1, -0.05) is 11.6 Å². The van der Waals surface area contributed by atoms with Gasteiger partial charge in [0.05, 0.1) is 11.9 Å². The number of carbonyl (C=O) groups is 1. The van der Waals surface area contributed by atoms with Crippen LogP contribution in [0.25, 0.3) is 11.0 Å². The molecule has 0 aliphatic heterocycles. The Labute approximate surface area is 85.3 Å². The van der Waals surface area contributed by atoms with E-state index in [0.29, 0.717) is 27.4 Å². The Morgan fingerprint density at radius 2 is 2.36 bits per heavy atom. The maximum absolute atomic E-state index is 10.8. The predicted octanol–water partition coefficient (Wildman–Crippen LogP) is 1.62. The number of pyridine rings is 1.